The number of hydrogen-bond acceptors (Lipinski definition) is 7. The zero-order chi connectivity index (χ0) is 23.3. The molecule has 1 aromatic carbocycles. The third-order valence-electron chi connectivity index (χ3n) is 5.83. The van der Waals surface area contributed by atoms with Crippen LogP contribution in [-0.2, 0) is 9.53 Å². The molecule has 2 heterocycles. The highest BCUT2D eigenvalue weighted by atomic mass is 16.5. The lowest BCUT2D eigenvalue weighted by atomic mass is 9.93. The molecule has 32 heavy (non-hydrogen) atoms. The number of nitrogens with one attached hydrogen (secondary N) is 2. The van der Waals surface area contributed by atoms with E-state index in [0.29, 0.717) is 47.5 Å². The van der Waals surface area contributed by atoms with Gasteiger partial charge in [0.1, 0.15) is 11.5 Å². The Kier molecular flexibility index (Phi) is 7.98. The quantitative estimate of drug-likeness (QED) is 0.589. The summed E-state index contributed by atoms with van der Waals surface area (Å²) in [7, 11) is 3.13. The van der Waals surface area contributed by atoms with Crippen LogP contribution < -0.4 is 20.1 Å². The van der Waals surface area contributed by atoms with Crippen molar-refractivity contribution in [1.82, 2.24) is 20.4 Å². The van der Waals surface area contributed by atoms with Crippen LogP contribution in [0.2, 0.25) is 0 Å². The van der Waals surface area contributed by atoms with Crippen LogP contribution in [0.1, 0.15) is 32.4 Å². The summed E-state index contributed by atoms with van der Waals surface area (Å²) in [5.74, 6) is 0.711. The number of nitrogens with zero attached hydrogens (tertiary/aromatic N) is 2. The van der Waals surface area contributed by atoms with Crippen molar-refractivity contribution in [3.63, 3.8) is 0 Å². The molecule has 9 heteroatoms. The third kappa shape index (κ3) is 4.99. The molecule has 0 saturated carbocycles. The van der Waals surface area contributed by atoms with Crippen molar-refractivity contribution < 1.29 is 23.8 Å². The summed E-state index contributed by atoms with van der Waals surface area (Å²) in [6.07, 6.45) is 0. The summed E-state index contributed by atoms with van der Waals surface area (Å²) < 4.78 is 16.3. The number of amides is 2. The van der Waals surface area contributed by atoms with Crippen molar-refractivity contribution in [2.45, 2.75) is 32.9 Å². The maximum Gasteiger partial charge on any atom is 0.338 e. The number of carbonyl (C=O) groups is 2. The molecule has 1 aromatic rings. The molecule has 2 atom stereocenters. The van der Waals surface area contributed by atoms with Gasteiger partial charge in [0.15, 0.2) is 0 Å². The molecule has 2 amide bonds. The highest BCUT2D eigenvalue weighted by Crippen LogP contribution is 2.38. The molecule has 1 saturated heterocycles. The summed E-state index contributed by atoms with van der Waals surface area (Å²) in [5.41, 5.74) is 1.78. The van der Waals surface area contributed by atoms with Gasteiger partial charge in [0, 0.05) is 56.1 Å². The Morgan fingerprint density at radius 3 is 2.62 bits per heavy atom. The molecule has 0 aliphatic carbocycles. The molecule has 0 spiro atoms. The Labute approximate surface area is 189 Å². The lowest BCUT2D eigenvalue weighted by Gasteiger charge is -2.40. The number of piperazine rings is 1. The summed E-state index contributed by atoms with van der Waals surface area (Å²) in [4.78, 5) is 30.2. The van der Waals surface area contributed by atoms with E-state index in [1.54, 1.807) is 38.2 Å². The Morgan fingerprint density at radius 2 is 2.00 bits per heavy atom. The van der Waals surface area contributed by atoms with Crippen LogP contribution in [0.4, 0.5) is 4.79 Å². The van der Waals surface area contributed by atoms with Crippen molar-refractivity contribution >= 4 is 12.0 Å². The van der Waals surface area contributed by atoms with Gasteiger partial charge >= 0.3 is 12.0 Å². The standard InChI is InChI=1S/C23H34N4O5/c1-6-27-18(14-26-11-10-24-15(3)13-26)20(22(28)32-7-2)21(25-23(27)29)17-9-8-16(30-4)12-19(17)31-5/h8-9,12,15,21,24H,6-7,10-11,13-14H2,1-5H3,(H,25,29)/t15-,21-/m1/s1. The van der Waals surface area contributed by atoms with Crippen molar-refractivity contribution in [1.29, 1.82) is 0 Å². The highest BCUT2D eigenvalue weighted by Gasteiger charge is 2.39. The predicted octanol–water partition coefficient (Wildman–Crippen LogP) is 1.90. The second kappa shape index (κ2) is 10.7. The van der Waals surface area contributed by atoms with E-state index in [1.807, 2.05) is 13.0 Å². The largest absolute Gasteiger partial charge is 0.497 e. The Morgan fingerprint density at radius 1 is 1.22 bits per heavy atom. The van der Waals surface area contributed by atoms with E-state index in [1.165, 1.54) is 0 Å². The van der Waals surface area contributed by atoms with E-state index in [-0.39, 0.29) is 12.6 Å². The van der Waals surface area contributed by atoms with Crippen molar-refractivity contribution in [3.8, 4) is 11.5 Å². The molecule has 0 radical (unpaired) electrons. The second-order valence-corrected chi connectivity index (χ2v) is 7.91. The van der Waals surface area contributed by atoms with E-state index in [0.717, 1.165) is 19.6 Å². The fraction of sp³-hybridized carbons (Fsp3) is 0.565. The van der Waals surface area contributed by atoms with Gasteiger partial charge < -0.3 is 24.8 Å². The SMILES string of the molecule is CCOC(=O)C1=C(CN2CCN[C@H](C)C2)N(CC)C(=O)N[C@@H]1c1ccc(OC)cc1OC. The molecule has 0 aromatic heterocycles. The summed E-state index contributed by atoms with van der Waals surface area (Å²) >= 11 is 0. The molecular weight excluding hydrogens is 412 g/mol. The maximum atomic E-state index is 13.2. The van der Waals surface area contributed by atoms with Crippen LogP contribution in [0.15, 0.2) is 29.5 Å². The van der Waals surface area contributed by atoms with Gasteiger partial charge in [-0.05, 0) is 32.9 Å². The van der Waals surface area contributed by atoms with Crippen LogP contribution in [0, 0.1) is 0 Å². The number of urea groups is 1. The number of carbonyl (C=O) groups excluding carboxylic acids is 2. The van der Waals surface area contributed by atoms with Gasteiger partial charge in [-0.1, -0.05) is 0 Å². The summed E-state index contributed by atoms with van der Waals surface area (Å²) in [6.45, 7) is 9.49. The van der Waals surface area contributed by atoms with E-state index < -0.39 is 12.0 Å². The normalized spacial score (nSPS) is 21.9. The monoisotopic (exact) mass is 446 g/mol. The van der Waals surface area contributed by atoms with E-state index in [4.69, 9.17) is 14.2 Å². The average Bonchev–Trinajstić information content (AvgIpc) is 2.78. The number of rotatable bonds is 8. The van der Waals surface area contributed by atoms with Crippen molar-refractivity contribution in [2.75, 3.05) is 53.6 Å². The summed E-state index contributed by atoms with van der Waals surface area (Å²) in [5, 5.41) is 6.42. The minimum atomic E-state index is -0.694. The molecule has 0 unspecified atom stereocenters. The molecule has 2 aliphatic heterocycles. The minimum absolute atomic E-state index is 0.243. The number of methoxy groups -OCH3 is 2. The minimum Gasteiger partial charge on any atom is -0.497 e. The fourth-order valence-electron chi connectivity index (χ4n) is 4.32. The molecule has 1 fully saturated rings. The van der Waals surface area contributed by atoms with Crippen LogP contribution in [0.3, 0.4) is 0 Å². The highest BCUT2D eigenvalue weighted by molar-refractivity contribution is 5.95. The first-order valence-corrected chi connectivity index (χ1v) is 11.1. The number of benzene rings is 1. The number of likely N-dealkylation sites (N-methyl/N-ethyl adjacent to an activating group) is 1. The Bertz CT molecular complexity index is 872. The van der Waals surface area contributed by atoms with Gasteiger partial charge in [0.2, 0.25) is 0 Å². The lowest BCUT2D eigenvalue weighted by Crippen LogP contribution is -2.54. The van der Waals surface area contributed by atoms with Gasteiger partial charge in [0.25, 0.3) is 0 Å². The van der Waals surface area contributed by atoms with Gasteiger partial charge in [-0.15, -0.1) is 0 Å². The van der Waals surface area contributed by atoms with Gasteiger partial charge in [0.05, 0.1) is 32.4 Å². The molecule has 176 valence electrons. The number of hydrogen-bond donors (Lipinski definition) is 2. The average molecular weight is 447 g/mol. The number of ether oxygens (including phenoxy) is 3. The lowest BCUT2D eigenvalue weighted by molar-refractivity contribution is -0.139. The van der Waals surface area contributed by atoms with E-state index >= 15 is 0 Å². The molecule has 0 bridgehead atoms. The van der Waals surface area contributed by atoms with E-state index in [9.17, 15) is 9.59 Å². The third-order valence-corrected chi connectivity index (χ3v) is 5.83. The summed E-state index contributed by atoms with van der Waals surface area (Å²) in [6, 6.07) is 4.74. The maximum absolute atomic E-state index is 13.2. The molecule has 2 aliphatic rings. The zero-order valence-corrected chi connectivity index (χ0v) is 19.6. The topological polar surface area (TPSA) is 92.4 Å². The number of esters is 1. The predicted molar refractivity (Wildman–Crippen MR) is 121 cm³/mol. The first-order valence-electron chi connectivity index (χ1n) is 11.1. The van der Waals surface area contributed by atoms with E-state index in [2.05, 4.69) is 22.5 Å². The smallest absolute Gasteiger partial charge is 0.338 e. The van der Waals surface area contributed by atoms with Gasteiger partial charge in [-0.2, -0.15) is 0 Å². The Balaban J connectivity index is 2.12. The molecular formula is C23H34N4O5. The van der Waals surface area contributed by atoms with Crippen LogP contribution in [-0.4, -0.2) is 81.4 Å². The molecule has 3 rings (SSSR count). The first kappa shape index (κ1) is 23.9. The van der Waals surface area contributed by atoms with Crippen LogP contribution >= 0.6 is 0 Å². The van der Waals surface area contributed by atoms with Crippen molar-refractivity contribution in [3.05, 3.63) is 35.0 Å². The first-order chi connectivity index (χ1) is 15.4. The molecule has 2 N–H and O–H groups in total. The Hall–Kier alpha value is -2.78. The van der Waals surface area contributed by atoms with Crippen molar-refractivity contribution in [2.24, 2.45) is 0 Å². The fourth-order valence-corrected chi connectivity index (χ4v) is 4.32. The molecule has 9 nitrogen and oxygen atoms in total. The van der Waals surface area contributed by atoms with Gasteiger partial charge in [-0.25, -0.2) is 9.59 Å². The second-order valence-electron chi connectivity index (χ2n) is 7.91. The van der Waals surface area contributed by atoms with Gasteiger partial charge in [-0.3, -0.25) is 9.80 Å². The van der Waals surface area contributed by atoms with Crippen LogP contribution in [0.5, 0.6) is 11.5 Å². The van der Waals surface area contributed by atoms with Crippen LogP contribution in [0.25, 0.3) is 0 Å². The zero-order valence-electron chi connectivity index (χ0n) is 19.6.